The van der Waals surface area contributed by atoms with Crippen molar-refractivity contribution in [3.05, 3.63) is 29.8 Å². The molecule has 2 aliphatic rings. The van der Waals surface area contributed by atoms with Gasteiger partial charge in [0.05, 0.1) is 26.4 Å². The first kappa shape index (κ1) is 18.0. The highest BCUT2D eigenvalue weighted by Crippen LogP contribution is 2.39. The van der Waals surface area contributed by atoms with Gasteiger partial charge in [-0.3, -0.25) is 0 Å². The lowest BCUT2D eigenvalue weighted by molar-refractivity contribution is 0.0171. The summed E-state index contributed by atoms with van der Waals surface area (Å²) in [6.45, 7) is 5.83. The number of hydrogen-bond acceptors (Lipinski definition) is 4. The lowest BCUT2D eigenvalue weighted by Crippen LogP contribution is -2.54. The van der Waals surface area contributed by atoms with E-state index in [1.54, 1.807) is 7.11 Å². The van der Waals surface area contributed by atoms with Crippen LogP contribution in [0.5, 0.6) is 5.75 Å². The van der Waals surface area contributed by atoms with Crippen LogP contribution in [0.15, 0.2) is 24.3 Å². The molecule has 2 saturated heterocycles. The van der Waals surface area contributed by atoms with Gasteiger partial charge in [-0.1, -0.05) is 18.2 Å². The molecule has 1 N–H and O–H groups in total. The zero-order valence-electron chi connectivity index (χ0n) is 15.1. The van der Waals surface area contributed by atoms with E-state index in [-0.39, 0.29) is 17.5 Å². The minimum Gasteiger partial charge on any atom is -0.496 e. The molecule has 0 aromatic heterocycles. The third kappa shape index (κ3) is 3.90. The molecule has 1 atom stereocenters. The average molecular weight is 348 g/mol. The molecule has 138 valence electrons. The molecule has 2 amide bonds. The van der Waals surface area contributed by atoms with E-state index < -0.39 is 0 Å². The van der Waals surface area contributed by atoms with Crippen LogP contribution in [0.1, 0.15) is 25.3 Å². The second kappa shape index (κ2) is 8.06. The van der Waals surface area contributed by atoms with Crippen molar-refractivity contribution < 1.29 is 19.0 Å². The standard InChI is InChI=1S/C19H28N2O4/c1-15-13-25-12-9-21(15)18(22)20-14-19(7-10-24-11-8-19)16-5-3-4-6-17(16)23-2/h3-6,15H,7-14H2,1-2H3,(H,20,22)/t15-/m1/s1. The van der Waals surface area contributed by atoms with Crippen LogP contribution >= 0.6 is 0 Å². The maximum absolute atomic E-state index is 12.7. The number of carbonyl (C=O) groups is 1. The van der Waals surface area contributed by atoms with Gasteiger partial charge in [0.1, 0.15) is 5.75 Å². The van der Waals surface area contributed by atoms with E-state index in [0.717, 1.165) is 24.2 Å². The maximum Gasteiger partial charge on any atom is 0.317 e. The molecule has 25 heavy (non-hydrogen) atoms. The summed E-state index contributed by atoms with van der Waals surface area (Å²) in [5.74, 6) is 0.874. The Hall–Kier alpha value is -1.79. The summed E-state index contributed by atoms with van der Waals surface area (Å²) in [5, 5.41) is 3.16. The highest BCUT2D eigenvalue weighted by molar-refractivity contribution is 5.74. The van der Waals surface area contributed by atoms with E-state index in [4.69, 9.17) is 14.2 Å². The number of morpholine rings is 1. The quantitative estimate of drug-likeness (QED) is 0.906. The Morgan fingerprint density at radius 2 is 2.04 bits per heavy atom. The minimum absolute atomic E-state index is 0.0171. The zero-order chi connectivity index (χ0) is 17.7. The Balaban J connectivity index is 1.76. The van der Waals surface area contributed by atoms with E-state index in [0.29, 0.717) is 39.5 Å². The van der Waals surface area contributed by atoms with Gasteiger partial charge in [-0.2, -0.15) is 0 Å². The summed E-state index contributed by atoms with van der Waals surface area (Å²) in [5.41, 5.74) is 0.992. The first-order chi connectivity index (χ1) is 12.2. The summed E-state index contributed by atoms with van der Waals surface area (Å²) < 4.78 is 16.6. The molecule has 6 heteroatoms. The Morgan fingerprint density at radius 1 is 1.28 bits per heavy atom. The predicted octanol–water partition coefficient (Wildman–Crippen LogP) is 2.17. The molecule has 0 spiro atoms. The van der Waals surface area contributed by atoms with Crippen molar-refractivity contribution >= 4 is 6.03 Å². The van der Waals surface area contributed by atoms with Crippen LogP contribution in [0.2, 0.25) is 0 Å². The van der Waals surface area contributed by atoms with E-state index >= 15 is 0 Å². The highest BCUT2D eigenvalue weighted by atomic mass is 16.5. The number of urea groups is 1. The smallest absolute Gasteiger partial charge is 0.317 e. The summed E-state index contributed by atoms with van der Waals surface area (Å²) in [7, 11) is 1.69. The molecular weight excluding hydrogens is 320 g/mol. The maximum atomic E-state index is 12.7. The fraction of sp³-hybridized carbons (Fsp3) is 0.632. The molecule has 3 rings (SSSR count). The van der Waals surface area contributed by atoms with Gasteiger partial charge >= 0.3 is 6.03 Å². The highest BCUT2D eigenvalue weighted by Gasteiger charge is 2.37. The van der Waals surface area contributed by atoms with Crippen LogP contribution in [0, 0.1) is 0 Å². The molecule has 2 heterocycles. The van der Waals surface area contributed by atoms with Crippen LogP contribution in [0.25, 0.3) is 0 Å². The summed E-state index contributed by atoms with van der Waals surface area (Å²) in [4.78, 5) is 14.5. The third-order valence-corrected chi connectivity index (χ3v) is 5.33. The number of nitrogens with zero attached hydrogens (tertiary/aromatic N) is 1. The number of carbonyl (C=O) groups excluding carboxylic acids is 1. The van der Waals surface area contributed by atoms with Gasteiger partial charge in [0.2, 0.25) is 0 Å². The van der Waals surface area contributed by atoms with Crippen LogP contribution in [0.4, 0.5) is 4.79 Å². The van der Waals surface area contributed by atoms with Crippen LogP contribution in [0.3, 0.4) is 0 Å². The molecule has 0 aliphatic carbocycles. The molecule has 0 radical (unpaired) electrons. The molecule has 6 nitrogen and oxygen atoms in total. The normalized spacial score (nSPS) is 23.1. The molecule has 0 bridgehead atoms. The fourth-order valence-corrected chi connectivity index (χ4v) is 3.76. The third-order valence-electron chi connectivity index (χ3n) is 5.33. The van der Waals surface area contributed by atoms with Gasteiger partial charge in [-0.15, -0.1) is 0 Å². The largest absolute Gasteiger partial charge is 0.496 e. The second-order valence-corrected chi connectivity index (χ2v) is 6.87. The number of benzene rings is 1. The van der Waals surface area contributed by atoms with Gasteiger partial charge < -0.3 is 24.4 Å². The van der Waals surface area contributed by atoms with Gasteiger partial charge in [-0.05, 0) is 25.8 Å². The second-order valence-electron chi connectivity index (χ2n) is 6.87. The molecule has 0 unspecified atom stereocenters. The van der Waals surface area contributed by atoms with E-state index in [1.807, 2.05) is 30.0 Å². The first-order valence-corrected chi connectivity index (χ1v) is 9.00. The van der Waals surface area contributed by atoms with Crippen molar-refractivity contribution in [3.63, 3.8) is 0 Å². The summed E-state index contributed by atoms with van der Waals surface area (Å²) >= 11 is 0. The van der Waals surface area contributed by atoms with Crippen molar-refractivity contribution in [1.29, 1.82) is 0 Å². The van der Waals surface area contributed by atoms with E-state index in [2.05, 4.69) is 11.4 Å². The molecule has 1 aromatic carbocycles. The van der Waals surface area contributed by atoms with Crippen LogP contribution in [-0.2, 0) is 14.9 Å². The topological polar surface area (TPSA) is 60.0 Å². The zero-order valence-corrected chi connectivity index (χ0v) is 15.1. The number of nitrogens with one attached hydrogen (secondary N) is 1. The lowest BCUT2D eigenvalue weighted by atomic mass is 9.73. The van der Waals surface area contributed by atoms with Crippen molar-refractivity contribution in [2.75, 3.05) is 46.6 Å². The van der Waals surface area contributed by atoms with Crippen molar-refractivity contribution in [2.24, 2.45) is 0 Å². The SMILES string of the molecule is COc1ccccc1C1(CNC(=O)N2CCOC[C@H]2C)CCOCC1. The molecule has 2 aliphatic heterocycles. The Kier molecular flexibility index (Phi) is 5.81. The summed E-state index contributed by atoms with van der Waals surface area (Å²) in [6, 6.07) is 8.18. The average Bonchev–Trinajstić information content (AvgIpc) is 2.67. The minimum atomic E-state index is -0.157. The number of ether oxygens (including phenoxy) is 3. The molecule has 1 aromatic rings. The Labute approximate surface area is 149 Å². The predicted molar refractivity (Wildman–Crippen MR) is 95.1 cm³/mol. The monoisotopic (exact) mass is 348 g/mol. The van der Waals surface area contributed by atoms with Gasteiger partial charge in [0, 0.05) is 37.3 Å². The lowest BCUT2D eigenvalue weighted by Gasteiger charge is -2.40. The number of amides is 2. The van der Waals surface area contributed by atoms with E-state index in [1.165, 1.54) is 0 Å². The Morgan fingerprint density at radius 3 is 2.76 bits per heavy atom. The van der Waals surface area contributed by atoms with Gasteiger partial charge in [0.25, 0.3) is 0 Å². The molecule has 0 saturated carbocycles. The van der Waals surface area contributed by atoms with E-state index in [9.17, 15) is 4.79 Å². The number of rotatable bonds is 4. The summed E-state index contributed by atoms with van der Waals surface area (Å²) in [6.07, 6.45) is 1.73. The van der Waals surface area contributed by atoms with Crippen molar-refractivity contribution in [3.8, 4) is 5.75 Å². The molecular formula is C19H28N2O4. The number of methoxy groups -OCH3 is 1. The van der Waals surface area contributed by atoms with Crippen molar-refractivity contribution in [2.45, 2.75) is 31.2 Å². The van der Waals surface area contributed by atoms with Crippen molar-refractivity contribution in [1.82, 2.24) is 10.2 Å². The van der Waals surface area contributed by atoms with Gasteiger partial charge in [-0.25, -0.2) is 4.79 Å². The number of para-hydroxylation sites is 1. The first-order valence-electron chi connectivity index (χ1n) is 9.00. The molecule has 2 fully saturated rings. The fourth-order valence-electron chi connectivity index (χ4n) is 3.76. The Bertz CT molecular complexity index is 587. The van der Waals surface area contributed by atoms with Crippen LogP contribution in [-0.4, -0.2) is 63.6 Å². The van der Waals surface area contributed by atoms with Gasteiger partial charge in [0.15, 0.2) is 0 Å². The number of hydrogen-bond donors (Lipinski definition) is 1. The van der Waals surface area contributed by atoms with Crippen LogP contribution < -0.4 is 10.1 Å².